The van der Waals surface area contributed by atoms with Crippen LogP contribution in [0, 0.1) is 0 Å². The lowest BCUT2D eigenvalue weighted by atomic mass is 10.2. The molecule has 0 unspecified atom stereocenters. The molecule has 2 aromatic rings. The number of morpholine rings is 1. The van der Waals surface area contributed by atoms with Crippen molar-refractivity contribution >= 4 is 34.9 Å². The Balaban J connectivity index is 1.74. The van der Waals surface area contributed by atoms with Gasteiger partial charge in [-0.1, -0.05) is 41.4 Å². The average molecular weight is 424 g/mol. The van der Waals surface area contributed by atoms with Crippen LogP contribution in [-0.4, -0.2) is 60.3 Å². The van der Waals surface area contributed by atoms with Crippen molar-refractivity contribution in [3.63, 3.8) is 0 Å². The number of anilines is 1. The van der Waals surface area contributed by atoms with Crippen LogP contribution >= 0.6 is 23.2 Å². The number of hydrogen-bond donors (Lipinski definition) is 2. The van der Waals surface area contributed by atoms with E-state index in [9.17, 15) is 9.90 Å². The molecular weight excluding hydrogens is 401 g/mol. The zero-order valence-electron chi connectivity index (χ0n) is 15.4. The molecule has 0 aliphatic carbocycles. The van der Waals surface area contributed by atoms with Crippen molar-refractivity contribution in [1.82, 2.24) is 9.80 Å². The molecule has 2 N–H and O–H groups in total. The molecule has 1 aliphatic rings. The third kappa shape index (κ3) is 5.75. The summed E-state index contributed by atoms with van der Waals surface area (Å²) in [5, 5.41) is 13.8. The van der Waals surface area contributed by atoms with E-state index >= 15 is 0 Å². The summed E-state index contributed by atoms with van der Waals surface area (Å²) in [6.07, 6.45) is 0. The van der Waals surface area contributed by atoms with Crippen LogP contribution in [-0.2, 0) is 11.3 Å². The Morgan fingerprint density at radius 2 is 1.89 bits per heavy atom. The Morgan fingerprint density at radius 3 is 2.61 bits per heavy atom. The molecule has 0 bridgehead atoms. The zero-order chi connectivity index (χ0) is 19.9. The first-order valence-corrected chi connectivity index (χ1v) is 9.86. The molecule has 150 valence electrons. The van der Waals surface area contributed by atoms with Crippen LogP contribution in [0.2, 0.25) is 10.0 Å². The fourth-order valence-corrected chi connectivity index (χ4v) is 3.54. The number of phenolic OH excluding ortho intramolecular Hbond substituents is 1. The van der Waals surface area contributed by atoms with Crippen LogP contribution in [0.4, 0.5) is 10.5 Å². The van der Waals surface area contributed by atoms with E-state index in [-0.39, 0.29) is 23.3 Å². The van der Waals surface area contributed by atoms with Gasteiger partial charge in [-0.15, -0.1) is 0 Å². The van der Waals surface area contributed by atoms with Crippen molar-refractivity contribution in [1.29, 1.82) is 0 Å². The molecule has 1 fully saturated rings. The molecule has 0 radical (unpaired) electrons. The smallest absolute Gasteiger partial charge is 0.322 e. The van der Waals surface area contributed by atoms with Gasteiger partial charge in [-0.2, -0.15) is 0 Å². The molecule has 8 heteroatoms. The number of ether oxygens (including phenoxy) is 1. The molecule has 3 rings (SSSR count). The molecule has 1 heterocycles. The van der Waals surface area contributed by atoms with Gasteiger partial charge in [-0.25, -0.2) is 4.79 Å². The predicted octanol–water partition coefficient (Wildman–Crippen LogP) is 4.07. The topological polar surface area (TPSA) is 65.0 Å². The molecule has 2 amide bonds. The highest BCUT2D eigenvalue weighted by Gasteiger charge is 2.20. The molecule has 0 spiro atoms. The van der Waals surface area contributed by atoms with Gasteiger partial charge in [-0.05, 0) is 24.3 Å². The van der Waals surface area contributed by atoms with Crippen LogP contribution in [0.1, 0.15) is 5.56 Å². The first-order valence-electron chi connectivity index (χ1n) is 9.11. The molecule has 0 atom stereocenters. The summed E-state index contributed by atoms with van der Waals surface area (Å²) in [6, 6.07) is 12.1. The second kappa shape index (κ2) is 9.98. The van der Waals surface area contributed by atoms with E-state index in [4.69, 9.17) is 27.9 Å². The van der Waals surface area contributed by atoms with Gasteiger partial charge < -0.3 is 20.1 Å². The molecular formula is C20H23Cl2N3O3. The van der Waals surface area contributed by atoms with Gasteiger partial charge in [-0.3, -0.25) is 4.90 Å². The minimum atomic E-state index is -0.255. The van der Waals surface area contributed by atoms with Crippen LogP contribution in [0.15, 0.2) is 42.5 Å². The first kappa shape index (κ1) is 20.7. The van der Waals surface area contributed by atoms with Crippen molar-refractivity contribution < 1.29 is 14.6 Å². The molecule has 2 aromatic carbocycles. The van der Waals surface area contributed by atoms with E-state index in [2.05, 4.69) is 10.2 Å². The number of halogens is 2. The van der Waals surface area contributed by atoms with Crippen molar-refractivity contribution in [2.75, 3.05) is 44.7 Å². The summed E-state index contributed by atoms with van der Waals surface area (Å²) in [6.45, 7) is 4.45. The van der Waals surface area contributed by atoms with E-state index in [1.165, 1.54) is 6.07 Å². The van der Waals surface area contributed by atoms with E-state index in [0.29, 0.717) is 42.6 Å². The van der Waals surface area contributed by atoms with Gasteiger partial charge in [0.05, 0.1) is 24.8 Å². The number of para-hydroxylation sites is 1. The summed E-state index contributed by atoms with van der Waals surface area (Å²) >= 11 is 12.1. The minimum Gasteiger partial charge on any atom is -0.506 e. The van der Waals surface area contributed by atoms with Crippen molar-refractivity contribution in [3.05, 3.63) is 58.1 Å². The highest BCUT2D eigenvalue weighted by molar-refractivity contribution is 6.35. The van der Waals surface area contributed by atoms with Crippen LogP contribution < -0.4 is 5.32 Å². The highest BCUT2D eigenvalue weighted by atomic mass is 35.5. The Kier molecular flexibility index (Phi) is 7.39. The fraction of sp³-hybridized carbons (Fsp3) is 0.350. The molecule has 1 saturated heterocycles. The number of nitrogens with one attached hydrogen (secondary N) is 1. The van der Waals surface area contributed by atoms with Gasteiger partial charge >= 0.3 is 6.03 Å². The third-order valence-electron chi connectivity index (χ3n) is 4.57. The van der Waals surface area contributed by atoms with Crippen LogP contribution in [0.3, 0.4) is 0 Å². The van der Waals surface area contributed by atoms with E-state index in [1.807, 2.05) is 30.3 Å². The second-order valence-corrected chi connectivity index (χ2v) is 7.41. The quantitative estimate of drug-likeness (QED) is 0.734. The Bertz CT molecular complexity index is 799. The maximum Gasteiger partial charge on any atom is 0.322 e. The Morgan fingerprint density at radius 1 is 1.18 bits per heavy atom. The van der Waals surface area contributed by atoms with Crippen molar-refractivity contribution in [2.45, 2.75) is 6.54 Å². The van der Waals surface area contributed by atoms with Crippen LogP contribution in [0.5, 0.6) is 5.75 Å². The second-order valence-electron chi connectivity index (χ2n) is 6.57. The molecule has 0 saturated carbocycles. The van der Waals surface area contributed by atoms with Gasteiger partial charge in [0, 0.05) is 42.5 Å². The van der Waals surface area contributed by atoms with E-state index in [1.54, 1.807) is 11.0 Å². The molecule has 28 heavy (non-hydrogen) atoms. The number of aromatic hydroxyl groups is 1. The van der Waals surface area contributed by atoms with Crippen molar-refractivity contribution in [2.24, 2.45) is 0 Å². The summed E-state index contributed by atoms with van der Waals surface area (Å²) < 4.78 is 5.37. The normalized spacial score (nSPS) is 14.6. The lowest BCUT2D eigenvalue weighted by molar-refractivity contribution is 0.0349. The number of phenols is 1. The average Bonchev–Trinajstić information content (AvgIpc) is 2.70. The maximum atomic E-state index is 12.9. The van der Waals surface area contributed by atoms with E-state index < -0.39 is 0 Å². The third-order valence-corrected chi connectivity index (χ3v) is 5.08. The van der Waals surface area contributed by atoms with Crippen molar-refractivity contribution in [3.8, 4) is 5.75 Å². The highest BCUT2D eigenvalue weighted by Crippen LogP contribution is 2.32. The number of benzene rings is 2. The zero-order valence-corrected chi connectivity index (χ0v) is 16.9. The summed E-state index contributed by atoms with van der Waals surface area (Å²) in [5.74, 6) is -0.0602. The number of carbonyl (C=O) groups excluding carboxylic acids is 1. The SMILES string of the molecule is O=C(Nc1ccccc1)N(CCN1CCOCC1)Cc1cc(Cl)cc(Cl)c1O. The summed E-state index contributed by atoms with van der Waals surface area (Å²) in [4.78, 5) is 16.8. The number of rotatable bonds is 6. The molecule has 6 nitrogen and oxygen atoms in total. The lowest BCUT2D eigenvalue weighted by Crippen LogP contribution is -2.44. The minimum absolute atomic E-state index is 0.0602. The Labute approximate surface area is 174 Å². The monoisotopic (exact) mass is 423 g/mol. The fourth-order valence-electron chi connectivity index (χ4n) is 3.01. The van der Waals surface area contributed by atoms with Gasteiger partial charge in [0.1, 0.15) is 5.75 Å². The number of urea groups is 1. The molecule has 0 aromatic heterocycles. The summed E-state index contributed by atoms with van der Waals surface area (Å²) in [5.41, 5.74) is 1.21. The largest absolute Gasteiger partial charge is 0.506 e. The number of amides is 2. The number of carbonyl (C=O) groups is 1. The summed E-state index contributed by atoms with van der Waals surface area (Å²) in [7, 11) is 0. The van der Waals surface area contributed by atoms with Gasteiger partial charge in [0.2, 0.25) is 0 Å². The first-order chi connectivity index (χ1) is 13.5. The van der Waals surface area contributed by atoms with Crippen LogP contribution in [0.25, 0.3) is 0 Å². The number of hydrogen-bond acceptors (Lipinski definition) is 4. The van der Waals surface area contributed by atoms with E-state index in [0.717, 1.165) is 13.1 Å². The Hall–Kier alpha value is -1.99. The predicted molar refractivity (Wildman–Crippen MR) is 111 cm³/mol. The maximum absolute atomic E-state index is 12.9. The molecule has 1 aliphatic heterocycles. The van der Waals surface area contributed by atoms with Gasteiger partial charge in [0.15, 0.2) is 0 Å². The lowest BCUT2D eigenvalue weighted by Gasteiger charge is -2.30. The standard InChI is InChI=1S/C20H23Cl2N3O3/c21-16-12-15(19(26)18(22)13-16)14-25(7-6-24-8-10-28-11-9-24)20(27)23-17-4-2-1-3-5-17/h1-5,12-13,26H,6-11,14H2,(H,23,27). The van der Waals surface area contributed by atoms with Gasteiger partial charge in [0.25, 0.3) is 0 Å². The number of nitrogens with zero attached hydrogens (tertiary/aromatic N) is 2.